The molecule has 0 bridgehead atoms. The monoisotopic (exact) mass is 248 g/mol. The Kier molecular flexibility index (Phi) is 4.49. The van der Waals surface area contributed by atoms with E-state index < -0.39 is 0 Å². The van der Waals surface area contributed by atoms with Crippen molar-refractivity contribution < 1.29 is 0 Å². The number of imidazole rings is 2. The van der Waals surface area contributed by atoms with E-state index in [9.17, 15) is 0 Å². The molecule has 6 heteroatoms. The van der Waals surface area contributed by atoms with E-state index in [1.54, 1.807) is 0 Å². The van der Waals surface area contributed by atoms with E-state index in [0.717, 1.165) is 37.8 Å². The molecule has 2 heterocycles. The van der Waals surface area contributed by atoms with Crippen molar-refractivity contribution in [3.63, 3.8) is 0 Å². The first-order chi connectivity index (χ1) is 8.77. The number of aryl methyl sites for hydroxylation is 2. The molecule has 18 heavy (non-hydrogen) atoms. The predicted molar refractivity (Wildman–Crippen MR) is 69.8 cm³/mol. The summed E-state index contributed by atoms with van der Waals surface area (Å²) in [5.41, 5.74) is 0. The van der Waals surface area contributed by atoms with Crippen LogP contribution in [0.2, 0.25) is 0 Å². The predicted octanol–water partition coefficient (Wildman–Crippen LogP) is 0.0330. The molecule has 2 aromatic rings. The Hall–Kier alpha value is -1.66. The third kappa shape index (κ3) is 3.41. The maximum absolute atomic E-state index is 4.25. The zero-order valence-electron chi connectivity index (χ0n) is 10.9. The summed E-state index contributed by atoms with van der Waals surface area (Å²) in [4.78, 5) is 8.51. The summed E-state index contributed by atoms with van der Waals surface area (Å²) >= 11 is 0. The van der Waals surface area contributed by atoms with Crippen LogP contribution in [0.25, 0.3) is 0 Å². The van der Waals surface area contributed by atoms with Crippen molar-refractivity contribution in [3.05, 3.63) is 36.4 Å². The molecular formula is C12H20N6. The Morgan fingerprint density at radius 1 is 0.889 bits per heavy atom. The highest BCUT2D eigenvalue weighted by molar-refractivity contribution is 4.91. The van der Waals surface area contributed by atoms with E-state index in [1.165, 1.54) is 0 Å². The lowest BCUT2D eigenvalue weighted by Gasteiger charge is -2.06. The molecule has 0 spiro atoms. The first-order valence-corrected chi connectivity index (χ1v) is 6.11. The molecule has 0 radical (unpaired) electrons. The van der Waals surface area contributed by atoms with Crippen LogP contribution in [0, 0.1) is 0 Å². The zero-order chi connectivity index (χ0) is 12.8. The van der Waals surface area contributed by atoms with E-state index in [4.69, 9.17) is 0 Å². The lowest BCUT2D eigenvalue weighted by molar-refractivity contribution is 0.575. The van der Waals surface area contributed by atoms with Crippen LogP contribution in [0.4, 0.5) is 0 Å². The second-order valence-electron chi connectivity index (χ2n) is 4.26. The summed E-state index contributed by atoms with van der Waals surface area (Å²) in [6, 6.07) is 0. The second kappa shape index (κ2) is 6.32. The number of aromatic nitrogens is 4. The maximum Gasteiger partial charge on any atom is 0.122 e. The largest absolute Gasteiger partial charge is 0.337 e. The Morgan fingerprint density at radius 3 is 1.67 bits per heavy atom. The summed E-state index contributed by atoms with van der Waals surface area (Å²) in [5.74, 6) is 2.11. The first-order valence-electron chi connectivity index (χ1n) is 6.11. The highest BCUT2D eigenvalue weighted by atomic mass is 15.1. The van der Waals surface area contributed by atoms with Crippen molar-refractivity contribution >= 4 is 0 Å². The molecule has 2 rings (SSSR count). The molecule has 0 amide bonds. The lowest BCUT2D eigenvalue weighted by atomic mass is 10.5. The maximum atomic E-state index is 4.25. The van der Waals surface area contributed by atoms with Gasteiger partial charge in [-0.25, -0.2) is 9.97 Å². The summed E-state index contributed by atoms with van der Waals surface area (Å²) in [6.07, 6.45) is 7.54. The normalized spacial score (nSPS) is 11.0. The fourth-order valence-electron chi connectivity index (χ4n) is 1.71. The Bertz CT molecular complexity index is 428. The summed E-state index contributed by atoms with van der Waals surface area (Å²) in [7, 11) is 4.01. The van der Waals surface area contributed by atoms with Gasteiger partial charge in [-0.3, -0.25) is 0 Å². The van der Waals surface area contributed by atoms with E-state index >= 15 is 0 Å². The van der Waals surface area contributed by atoms with Crippen molar-refractivity contribution in [1.82, 2.24) is 29.7 Å². The van der Waals surface area contributed by atoms with Gasteiger partial charge in [0.25, 0.3) is 0 Å². The van der Waals surface area contributed by atoms with Gasteiger partial charge in [-0.05, 0) is 0 Å². The van der Waals surface area contributed by atoms with Gasteiger partial charge in [0.1, 0.15) is 11.6 Å². The molecule has 0 saturated carbocycles. The average molecular weight is 248 g/mol. The molecule has 0 unspecified atom stereocenters. The molecular weight excluding hydrogens is 228 g/mol. The Balaban J connectivity index is 1.57. The minimum absolute atomic E-state index is 0.799. The van der Waals surface area contributed by atoms with Crippen LogP contribution in [0.3, 0.4) is 0 Å². The minimum atomic E-state index is 0.799. The molecule has 2 aromatic heterocycles. The fourth-order valence-corrected chi connectivity index (χ4v) is 1.71. The van der Waals surface area contributed by atoms with Gasteiger partial charge in [0.2, 0.25) is 0 Å². The van der Waals surface area contributed by atoms with E-state index in [0.29, 0.717) is 0 Å². The molecule has 2 N–H and O–H groups in total. The first kappa shape index (κ1) is 12.8. The van der Waals surface area contributed by atoms with E-state index in [1.807, 2.05) is 48.0 Å². The number of hydrogen-bond acceptors (Lipinski definition) is 4. The van der Waals surface area contributed by atoms with Gasteiger partial charge >= 0.3 is 0 Å². The van der Waals surface area contributed by atoms with Crippen LogP contribution in [0.5, 0.6) is 0 Å². The molecule has 0 aliphatic rings. The SMILES string of the molecule is Cn1ccnc1CNCCNCc1nccn1C. The van der Waals surface area contributed by atoms with Crippen molar-refractivity contribution in [2.75, 3.05) is 13.1 Å². The summed E-state index contributed by atoms with van der Waals surface area (Å²) < 4.78 is 4.04. The molecule has 0 aliphatic carbocycles. The number of hydrogen-bond donors (Lipinski definition) is 2. The molecule has 0 aliphatic heterocycles. The molecule has 0 fully saturated rings. The highest BCUT2D eigenvalue weighted by Gasteiger charge is 1.99. The second-order valence-corrected chi connectivity index (χ2v) is 4.26. The van der Waals surface area contributed by atoms with Crippen LogP contribution < -0.4 is 10.6 Å². The number of nitrogens with zero attached hydrogens (tertiary/aromatic N) is 4. The highest BCUT2D eigenvalue weighted by Crippen LogP contribution is 1.93. The summed E-state index contributed by atoms with van der Waals surface area (Å²) in [5, 5.41) is 6.70. The Morgan fingerprint density at radius 2 is 1.33 bits per heavy atom. The van der Waals surface area contributed by atoms with Crippen molar-refractivity contribution in [1.29, 1.82) is 0 Å². The standard InChI is InChI=1S/C12H20N6/c1-17-7-5-15-11(17)9-13-3-4-14-10-12-16-6-8-18(12)2/h5-8,13-14H,3-4,9-10H2,1-2H3. The van der Waals surface area contributed by atoms with Crippen LogP contribution in [0.15, 0.2) is 24.8 Å². The van der Waals surface area contributed by atoms with Gasteiger partial charge in [-0.2, -0.15) is 0 Å². The zero-order valence-corrected chi connectivity index (χ0v) is 10.9. The summed E-state index contributed by atoms with van der Waals surface area (Å²) in [6.45, 7) is 3.43. The van der Waals surface area contributed by atoms with E-state index in [-0.39, 0.29) is 0 Å². The van der Waals surface area contributed by atoms with E-state index in [2.05, 4.69) is 20.6 Å². The van der Waals surface area contributed by atoms with Crippen molar-refractivity contribution in [3.8, 4) is 0 Å². The van der Waals surface area contributed by atoms with Gasteiger partial charge in [-0.15, -0.1) is 0 Å². The van der Waals surface area contributed by atoms with Crippen molar-refractivity contribution in [2.24, 2.45) is 14.1 Å². The quantitative estimate of drug-likeness (QED) is 0.679. The topological polar surface area (TPSA) is 59.7 Å². The van der Waals surface area contributed by atoms with Crippen LogP contribution >= 0.6 is 0 Å². The molecule has 6 nitrogen and oxygen atoms in total. The lowest BCUT2D eigenvalue weighted by Crippen LogP contribution is -2.28. The number of rotatable bonds is 7. The average Bonchev–Trinajstić information content (AvgIpc) is 2.94. The third-order valence-corrected chi connectivity index (χ3v) is 2.89. The van der Waals surface area contributed by atoms with Crippen LogP contribution in [-0.2, 0) is 27.2 Å². The van der Waals surface area contributed by atoms with Crippen molar-refractivity contribution in [2.45, 2.75) is 13.1 Å². The third-order valence-electron chi connectivity index (χ3n) is 2.89. The smallest absolute Gasteiger partial charge is 0.122 e. The fraction of sp³-hybridized carbons (Fsp3) is 0.500. The van der Waals surface area contributed by atoms with Gasteiger partial charge in [0, 0.05) is 52.0 Å². The van der Waals surface area contributed by atoms with Crippen LogP contribution in [-0.4, -0.2) is 32.2 Å². The molecule has 98 valence electrons. The van der Waals surface area contributed by atoms with Gasteiger partial charge in [-0.1, -0.05) is 0 Å². The molecule has 0 atom stereocenters. The van der Waals surface area contributed by atoms with Gasteiger partial charge < -0.3 is 19.8 Å². The molecule has 0 saturated heterocycles. The Labute approximate surface area is 107 Å². The van der Waals surface area contributed by atoms with Gasteiger partial charge in [0.05, 0.1) is 13.1 Å². The van der Waals surface area contributed by atoms with Gasteiger partial charge in [0.15, 0.2) is 0 Å². The number of nitrogens with one attached hydrogen (secondary N) is 2. The van der Waals surface area contributed by atoms with Crippen LogP contribution in [0.1, 0.15) is 11.6 Å². The minimum Gasteiger partial charge on any atom is -0.337 e. The molecule has 0 aromatic carbocycles.